The van der Waals surface area contributed by atoms with Crippen LogP contribution in [0.4, 0.5) is 0 Å². The Balaban J connectivity index is 2.51. The SMILES string of the molecule is CC(C)C(CN1CCNC(C)(C)C1)C(C)C. The Bertz CT molecular complexity index is 201. The average molecular weight is 226 g/mol. The smallest absolute Gasteiger partial charge is 0.0252 e. The van der Waals surface area contributed by atoms with E-state index in [1.54, 1.807) is 0 Å². The van der Waals surface area contributed by atoms with E-state index in [-0.39, 0.29) is 5.54 Å². The molecule has 1 heterocycles. The molecule has 1 fully saturated rings. The Morgan fingerprint density at radius 3 is 2.12 bits per heavy atom. The Morgan fingerprint density at radius 1 is 1.12 bits per heavy atom. The lowest BCUT2D eigenvalue weighted by Crippen LogP contribution is -2.58. The van der Waals surface area contributed by atoms with Crippen molar-refractivity contribution in [2.24, 2.45) is 17.8 Å². The highest BCUT2D eigenvalue weighted by Gasteiger charge is 2.28. The van der Waals surface area contributed by atoms with E-state index >= 15 is 0 Å². The van der Waals surface area contributed by atoms with Crippen molar-refractivity contribution in [2.75, 3.05) is 26.2 Å². The van der Waals surface area contributed by atoms with Gasteiger partial charge in [0, 0.05) is 31.7 Å². The van der Waals surface area contributed by atoms with Crippen molar-refractivity contribution < 1.29 is 0 Å². The van der Waals surface area contributed by atoms with Crippen LogP contribution in [0.1, 0.15) is 41.5 Å². The molecule has 1 rings (SSSR count). The molecule has 2 heteroatoms. The van der Waals surface area contributed by atoms with Gasteiger partial charge in [0.25, 0.3) is 0 Å². The zero-order chi connectivity index (χ0) is 12.3. The first kappa shape index (κ1) is 14.0. The van der Waals surface area contributed by atoms with Gasteiger partial charge in [0.1, 0.15) is 0 Å². The highest BCUT2D eigenvalue weighted by molar-refractivity contribution is 4.87. The minimum atomic E-state index is 0.288. The summed E-state index contributed by atoms with van der Waals surface area (Å²) in [6.45, 7) is 18.8. The van der Waals surface area contributed by atoms with Crippen LogP contribution in [0.25, 0.3) is 0 Å². The fraction of sp³-hybridized carbons (Fsp3) is 1.00. The molecule has 0 saturated carbocycles. The lowest BCUT2D eigenvalue weighted by atomic mass is 9.84. The Labute approximate surface area is 102 Å². The topological polar surface area (TPSA) is 15.3 Å². The molecule has 1 N–H and O–H groups in total. The molecule has 0 atom stereocenters. The average Bonchev–Trinajstić information content (AvgIpc) is 2.11. The second kappa shape index (κ2) is 5.50. The van der Waals surface area contributed by atoms with E-state index in [1.165, 1.54) is 19.6 Å². The van der Waals surface area contributed by atoms with Crippen molar-refractivity contribution in [3.05, 3.63) is 0 Å². The number of hydrogen-bond acceptors (Lipinski definition) is 2. The molecule has 0 aliphatic carbocycles. The molecule has 0 radical (unpaired) electrons. The third kappa shape index (κ3) is 4.06. The molecule has 1 aliphatic heterocycles. The van der Waals surface area contributed by atoms with Crippen LogP contribution in [0.5, 0.6) is 0 Å². The molecule has 0 unspecified atom stereocenters. The lowest BCUT2D eigenvalue weighted by Gasteiger charge is -2.41. The summed E-state index contributed by atoms with van der Waals surface area (Å²) in [5.41, 5.74) is 0.288. The highest BCUT2D eigenvalue weighted by atomic mass is 15.2. The van der Waals surface area contributed by atoms with Crippen LogP contribution in [-0.2, 0) is 0 Å². The van der Waals surface area contributed by atoms with Gasteiger partial charge >= 0.3 is 0 Å². The molecule has 0 aromatic rings. The van der Waals surface area contributed by atoms with Crippen LogP contribution in [0.3, 0.4) is 0 Å². The summed E-state index contributed by atoms with van der Waals surface area (Å²) in [4.78, 5) is 2.64. The van der Waals surface area contributed by atoms with Gasteiger partial charge in [-0.2, -0.15) is 0 Å². The van der Waals surface area contributed by atoms with Gasteiger partial charge in [0.2, 0.25) is 0 Å². The summed E-state index contributed by atoms with van der Waals surface area (Å²) in [5, 5.41) is 3.58. The van der Waals surface area contributed by atoms with Crippen LogP contribution >= 0.6 is 0 Å². The first-order valence-corrected chi connectivity index (χ1v) is 6.79. The zero-order valence-electron chi connectivity index (χ0n) is 12.0. The number of nitrogens with one attached hydrogen (secondary N) is 1. The summed E-state index contributed by atoms with van der Waals surface area (Å²) < 4.78 is 0. The molecule has 96 valence electrons. The maximum Gasteiger partial charge on any atom is 0.0252 e. The Morgan fingerprint density at radius 2 is 1.69 bits per heavy atom. The molecule has 0 aromatic heterocycles. The predicted octanol–water partition coefficient (Wildman–Crippen LogP) is 2.60. The van der Waals surface area contributed by atoms with Gasteiger partial charge in [-0.1, -0.05) is 27.7 Å². The molecule has 16 heavy (non-hydrogen) atoms. The van der Waals surface area contributed by atoms with Crippen LogP contribution < -0.4 is 5.32 Å². The quantitative estimate of drug-likeness (QED) is 0.792. The maximum atomic E-state index is 3.58. The minimum Gasteiger partial charge on any atom is -0.309 e. The fourth-order valence-corrected chi connectivity index (χ4v) is 2.89. The summed E-state index contributed by atoms with van der Waals surface area (Å²) in [5.74, 6) is 2.41. The Kier molecular flexibility index (Phi) is 4.81. The van der Waals surface area contributed by atoms with E-state index in [2.05, 4.69) is 51.8 Å². The van der Waals surface area contributed by atoms with E-state index in [0.29, 0.717) is 0 Å². The van der Waals surface area contributed by atoms with Crippen molar-refractivity contribution in [3.63, 3.8) is 0 Å². The molecule has 0 bridgehead atoms. The largest absolute Gasteiger partial charge is 0.309 e. The molecular formula is C14H30N2. The number of hydrogen-bond donors (Lipinski definition) is 1. The van der Waals surface area contributed by atoms with E-state index in [9.17, 15) is 0 Å². The Hall–Kier alpha value is -0.0800. The number of rotatable bonds is 4. The number of piperazine rings is 1. The summed E-state index contributed by atoms with van der Waals surface area (Å²) in [7, 11) is 0. The van der Waals surface area contributed by atoms with Crippen LogP contribution in [-0.4, -0.2) is 36.6 Å². The van der Waals surface area contributed by atoms with Gasteiger partial charge in [-0.05, 0) is 31.6 Å². The second-order valence-corrected chi connectivity index (χ2v) is 6.70. The monoisotopic (exact) mass is 226 g/mol. The van der Waals surface area contributed by atoms with Crippen LogP contribution in [0.2, 0.25) is 0 Å². The van der Waals surface area contributed by atoms with Crippen LogP contribution in [0, 0.1) is 17.8 Å². The molecule has 2 nitrogen and oxygen atoms in total. The van der Waals surface area contributed by atoms with Gasteiger partial charge < -0.3 is 5.32 Å². The first-order valence-electron chi connectivity index (χ1n) is 6.79. The van der Waals surface area contributed by atoms with Crippen molar-refractivity contribution in [3.8, 4) is 0 Å². The maximum absolute atomic E-state index is 3.58. The molecule has 0 aromatic carbocycles. The summed E-state index contributed by atoms with van der Waals surface area (Å²) in [6.07, 6.45) is 0. The molecule has 1 saturated heterocycles. The van der Waals surface area contributed by atoms with E-state index in [4.69, 9.17) is 0 Å². The van der Waals surface area contributed by atoms with Crippen molar-refractivity contribution >= 4 is 0 Å². The van der Waals surface area contributed by atoms with Crippen LogP contribution in [0.15, 0.2) is 0 Å². The molecular weight excluding hydrogens is 196 g/mol. The van der Waals surface area contributed by atoms with Gasteiger partial charge in [-0.3, -0.25) is 4.90 Å². The van der Waals surface area contributed by atoms with Gasteiger partial charge in [-0.15, -0.1) is 0 Å². The van der Waals surface area contributed by atoms with Crippen molar-refractivity contribution in [1.29, 1.82) is 0 Å². The third-order valence-corrected chi connectivity index (χ3v) is 3.83. The first-order chi connectivity index (χ1) is 7.32. The van der Waals surface area contributed by atoms with Gasteiger partial charge in [0.05, 0.1) is 0 Å². The normalized spacial score (nSPS) is 22.3. The third-order valence-electron chi connectivity index (χ3n) is 3.83. The predicted molar refractivity (Wildman–Crippen MR) is 71.7 cm³/mol. The lowest BCUT2D eigenvalue weighted by molar-refractivity contribution is 0.106. The van der Waals surface area contributed by atoms with E-state index in [0.717, 1.165) is 24.3 Å². The minimum absolute atomic E-state index is 0.288. The molecule has 1 aliphatic rings. The second-order valence-electron chi connectivity index (χ2n) is 6.70. The summed E-state index contributed by atoms with van der Waals surface area (Å²) >= 11 is 0. The van der Waals surface area contributed by atoms with E-state index in [1.807, 2.05) is 0 Å². The van der Waals surface area contributed by atoms with Crippen molar-refractivity contribution in [1.82, 2.24) is 10.2 Å². The molecule has 0 amide bonds. The van der Waals surface area contributed by atoms with E-state index < -0.39 is 0 Å². The van der Waals surface area contributed by atoms with Gasteiger partial charge in [-0.25, -0.2) is 0 Å². The molecule has 0 spiro atoms. The highest BCUT2D eigenvalue weighted by Crippen LogP contribution is 2.23. The standard InChI is InChI=1S/C14H30N2/c1-11(2)13(12(3)4)9-16-8-7-15-14(5,6)10-16/h11-13,15H,7-10H2,1-6H3. The fourth-order valence-electron chi connectivity index (χ4n) is 2.89. The number of nitrogens with zero attached hydrogens (tertiary/aromatic N) is 1. The zero-order valence-corrected chi connectivity index (χ0v) is 12.0. The van der Waals surface area contributed by atoms with Crippen molar-refractivity contribution in [2.45, 2.75) is 47.1 Å². The summed E-state index contributed by atoms with van der Waals surface area (Å²) in [6, 6.07) is 0. The van der Waals surface area contributed by atoms with Gasteiger partial charge in [0.15, 0.2) is 0 Å².